The van der Waals surface area contributed by atoms with Crippen molar-refractivity contribution < 1.29 is 28.2 Å². The third-order valence-electron chi connectivity index (χ3n) is 6.54. The van der Waals surface area contributed by atoms with E-state index in [1.165, 1.54) is 12.1 Å². The van der Waals surface area contributed by atoms with Gasteiger partial charge in [-0.05, 0) is 41.5 Å². The summed E-state index contributed by atoms with van der Waals surface area (Å²) < 4.78 is 30.8. The molecule has 0 fully saturated rings. The molecule has 3 atom stereocenters. The number of carbonyl (C=O) groups is 2. The molecule has 0 radical (unpaired) electrons. The standard InChI is InChI=1S/C28H27FN2O5/c1-34-15-14-31-26(18-10-12-19(29)13-11-18)25(21-6-2-3-7-22(21)28(31)33)27(32)30-16-20-17-35-23-8-4-5-9-24(23)36-20/h2-13,20,25-26H,14-17H2,1H3,(H,30,32). The van der Waals surface area contributed by atoms with Gasteiger partial charge >= 0.3 is 0 Å². The molecule has 5 rings (SSSR count). The van der Waals surface area contributed by atoms with Crippen molar-refractivity contribution in [2.24, 2.45) is 0 Å². The minimum atomic E-state index is -0.710. The molecule has 2 aliphatic heterocycles. The predicted molar refractivity (Wildman–Crippen MR) is 131 cm³/mol. The minimum Gasteiger partial charge on any atom is -0.486 e. The molecule has 0 spiro atoms. The lowest BCUT2D eigenvalue weighted by molar-refractivity contribution is -0.124. The van der Waals surface area contributed by atoms with E-state index in [4.69, 9.17) is 14.2 Å². The molecule has 0 saturated heterocycles. The SMILES string of the molecule is COCCN1C(=O)c2ccccc2C(C(=O)NCC2COc3ccccc3O2)C1c1ccc(F)cc1. The van der Waals surface area contributed by atoms with Crippen LogP contribution in [0.2, 0.25) is 0 Å². The highest BCUT2D eigenvalue weighted by Gasteiger charge is 2.44. The van der Waals surface area contributed by atoms with Gasteiger partial charge in [-0.2, -0.15) is 0 Å². The average molecular weight is 491 g/mol. The molecule has 1 N–H and O–H groups in total. The van der Waals surface area contributed by atoms with Crippen molar-refractivity contribution in [1.82, 2.24) is 10.2 Å². The molecule has 3 aromatic carbocycles. The van der Waals surface area contributed by atoms with Crippen molar-refractivity contribution in [2.75, 3.05) is 33.4 Å². The maximum atomic E-state index is 13.8. The number of ether oxygens (including phenoxy) is 3. The van der Waals surface area contributed by atoms with Gasteiger partial charge in [0.05, 0.1) is 25.1 Å². The van der Waals surface area contributed by atoms with E-state index < -0.39 is 12.0 Å². The number of para-hydroxylation sites is 2. The van der Waals surface area contributed by atoms with Crippen LogP contribution in [0.25, 0.3) is 0 Å². The zero-order valence-electron chi connectivity index (χ0n) is 19.9. The molecule has 8 heteroatoms. The van der Waals surface area contributed by atoms with Crippen molar-refractivity contribution in [1.29, 1.82) is 0 Å². The Morgan fingerprint density at radius 1 is 1.06 bits per heavy atom. The summed E-state index contributed by atoms with van der Waals surface area (Å²) in [5, 5.41) is 3.01. The molecule has 3 unspecified atom stereocenters. The van der Waals surface area contributed by atoms with E-state index in [0.29, 0.717) is 41.4 Å². The fourth-order valence-electron chi connectivity index (χ4n) is 4.83. The lowest BCUT2D eigenvalue weighted by Gasteiger charge is -2.42. The Balaban J connectivity index is 1.45. The Morgan fingerprint density at radius 3 is 2.56 bits per heavy atom. The van der Waals surface area contributed by atoms with E-state index in [9.17, 15) is 14.0 Å². The highest BCUT2D eigenvalue weighted by atomic mass is 19.1. The Labute approximate surface area is 208 Å². The summed E-state index contributed by atoms with van der Waals surface area (Å²) in [6, 6.07) is 19.8. The third kappa shape index (κ3) is 4.64. The molecular weight excluding hydrogens is 463 g/mol. The number of fused-ring (bicyclic) bond motifs is 2. The number of methoxy groups -OCH3 is 1. The van der Waals surface area contributed by atoms with E-state index in [2.05, 4.69) is 5.32 Å². The van der Waals surface area contributed by atoms with Gasteiger partial charge < -0.3 is 24.4 Å². The minimum absolute atomic E-state index is 0.193. The summed E-state index contributed by atoms with van der Waals surface area (Å²) in [6.45, 7) is 1.12. The summed E-state index contributed by atoms with van der Waals surface area (Å²) in [6.07, 6.45) is -0.363. The molecular formula is C28H27FN2O5. The number of nitrogens with zero attached hydrogens (tertiary/aromatic N) is 1. The maximum absolute atomic E-state index is 13.8. The first-order valence-electron chi connectivity index (χ1n) is 11.9. The van der Waals surface area contributed by atoms with Gasteiger partial charge in [-0.25, -0.2) is 4.39 Å². The number of nitrogens with one attached hydrogen (secondary N) is 1. The number of hydrogen-bond donors (Lipinski definition) is 1. The third-order valence-corrected chi connectivity index (χ3v) is 6.54. The highest BCUT2D eigenvalue weighted by molar-refractivity contribution is 6.01. The van der Waals surface area contributed by atoms with Crippen LogP contribution in [0.5, 0.6) is 11.5 Å². The maximum Gasteiger partial charge on any atom is 0.254 e. The molecule has 2 amide bonds. The van der Waals surface area contributed by atoms with Crippen LogP contribution in [0.1, 0.15) is 33.4 Å². The topological polar surface area (TPSA) is 77.1 Å². The van der Waals surface area contributed by atoms with Crippen molar-refractivity contribution in [3.8, 4) is 11.5 Å². The zero-order valence-corrected chi connectivity index (χ0v) is 19.9. The molecule has 2 heterocycles. The van der Waals surface area contributed by atoms with Crippen LogP contribution < -0.4 is 14.8 Å². The van der Waals surface area contributed by atoms with Gasteiger partial charge in [-0.15, -0.1) is 0 Å². The Hall–Kier alpha value is -3.91. The van der Waals surface area contributed by atoms with Crippen LogP contribution in [0.3, 0.4) is 0 Å². The Morgan fingerprint density at radius 2 is 1.78 bits per heavy atom. The van der Waals surface area contributed by atoms with E-state index in [1.54, 1.807) is 42.3 Å². The van der Waals surface area contributed by atoms with Crippen LogP contribution in [-0.2, 0) is 9.53 Å². The van der Waals surface area contributed by atoms with Crippen molar-refractivity contribution in [2.45, 2.75) is 18.1 Å². The highest BCUT2D eigenvalue weighted by Crippen LogP contribution is 2.43. The van der Waals surface area contributed by atoms with E-state index >= 15 is 0 Å². The molecule has 0 saturated carbocycles. The monoisotopic (exact) mass is 490 g/mol. The first-order chi connectivity index (χ1) is 17.6. The van der Waals surface area contributed by atoms with Crippen LogP contribution in [0.15, 0.2) is 72.8 Å². The van der Waals surface area contributed by atoms with Crippen molar-refractivity contribution in [3.63, 3.8) is 0 Å². The Bertz CT molecular complexity index is 1250. The Kier molecular flexibility index (Phi) is 6.86. The van der Waals surface area contributed by atoms with Gasteiger partial charge in [0.15, 0.2) is 11.5 Å². The number of amides is 2. The lowest BCUT2D eigenvalue weighted by atomic mass is 9.79. The molecule has 0 aliphatic carbocycles. The van der Waals surface area contributed by atoms with E-state index in [-0.39, 0.29) is 36.8 Å². The molecule has 2 aliphatic rings. The smallest absolute Gasteiger partial charge is 0.254 e. The summed E-state index contributed by atoms with van der Waals surface area (Å²) in [4.78, 5) is 28.9. The quantitative estimate of drug-likeness (QED) is 0.547. The largest absolute Gasteiger partial charge is 0.486 e. The number of hydrogen-bond acceptors (Lipinski definition) is 5. The normalized spacial score (nSPS) is 20.6. The van der Waals surface area contributed by atoms with Gasteiger partial charge in [0, 0.05) is 19.2 Å². The van der Waals surface area contributed by atoms with Gasteiger partial charge in [0.2, 0.25) is 5.91 Å². The number of halogens is 1. The van der Waals surface area contributed by atoms with Crippen molar-refractivity contribution in [3.05, 3.63) is 95.3 Å². The van der Waals surface area contributed by atoms with Crippen molar-refractivity contribution >= 4 is 11.8 Å². The van der Waals surface area contributed by atoms with Crippen LogP contribution >= 0.6 is 0 Å². The van der Waals surface area contributed by atoms with Gasteiger partial charge in [-0.1, -0.05) is 42.5 Å². The fraction of sp³-hybridized carbons (Fsp3) is 0.286. The van der Waals surface area contributed by atoms with E-state index in [1.807, 2.05) is 30.3 Å². The lowest BCUT2D eigenvalue weighted by Crippen LogP contribution is -2.50. The average Bonchev–Trinajstić information content (AvgIpc) is 2.91. The zero-order chi connectivity index (χ0) is 25.1. The van der Waals surface area contributed by atoms with Crippen LogP contribution in [-0.4, -0.2) is 56.2 Å². The second kappa shape index (κ2) is 10.4. The molecule has 186 valence electrons. The summed E-state index contributed by atoms with van der Waals surface area (Å²) in [5.74, 6) is -0.245. The molecule has 36 heavy (non-hydrogen) atoms. The summed E-state index contributed by atoms with van der Waals surface area (Å²) >= 11 is 0. The first kappa shape index (κ1) is 23.8. The second-order valence-electron chi connectivity index (χ2n) is 8.80. The second-order valence-corrected chi connectivity index (χ2v) is 8.80. The van der Waals surface area contributed by atoms with Crippen LogP contribution in [0.4, 0.5) is 4.39 Å². The van der Waals surface area contributed by atoms with Crippen LogP contribution in [0, 0.1) is 5.82 Å². The van der Waals surface area contributed by atoms with E-state index in [0.717, 1.165) is 0 Å². The summed E-state index contributed by atoms with van der Waals surface area (Å²) in [7, 11) is 1.56. The van der Waals surface area contributed by atoms with Gasteiger partial charge in [0.25, 0.3) is 5.91 Å². The number of benzene rings is 3. The van der Waals surface area contributed by atoms with Gasteiger partial charge in [-0.3, -0.25) is 9.59 Å². The number of carbonyl (C=O) groups excluding carboxylic acids is 2. The number of rotatable bonds is 7. The molecule has 0 aromatic heterocycles. The molecule has 0 bridgehead atoms. The first-order valence-corrected chi connectivity index (χ1v) is 11.9. The molecule has 7 nitrogen and oxygen atoms in total. The summed E-state index contributed by atoms with van der Waals surface area (Å²) in [5.41, 5.74) is 1.77. The predicted octanol–water partition coefficient (Wildman–Crippen LogP) is 3.71. The fourth-order valence-corrected chi connectivity index (χ4v) is 4.83. The van der Waals surface area contributed by atoms with Gasteiger partial charge in [0.1, 0.15) is 18.5 Å². The molecule has 3 aromatic rings.